The van der Waals surface area contributed by atoms with Crippen LogP contribution in [0.3, 0.4) is 0 Å². The summed E-state index contributed by atoms with van der Waals surface area (Å²) in [4.78, 5) is 4.51. The summed E-state index contributed by atoms with van der Waals surface area (Å²) in [5.74, 6) is 0.232. The summed E-state index contributed by atoms with van der Waals surface area (Å²) in [6.45, 7) is 5.25. The van der Waals surface area contributed by atoms with Gasteiger partial charge < -0.3 is 9.30 Å². The fourth-order valence-corrected chi connectivity index (χ4v) is 3.27. The maximum Gasteiger partial charge on any atom is 0.147 e. The SMILES string of the molecule is Cc1c(C)n(CC2CC2)c2c(OCc3cc(F)cc(F)c3)ccnc12. The van der Waals surface area contributed by atoms with Crippen LogP contribution < -0.4 is 4.74 Å². The highest BCUT2D eigenvalue weighted by molar-refractivity contribution is 5.86. The van der Waals surface area contributed by atoms with Gasteiger partial charge in [0.2, 0.25) is 0 Å². The van der Waals surface area contributed by atoms with Crippen molar-refractivity contribution in [2.75, 3.05) is 0 Å². The average Bonchev–Trinajstić information content (AvgIpc) is 3.36. The molecule has 1 saturated carbocycles. The van der Waals surface area contributed by atoms with Gasteiger partial charge in [0.15, 0.2) is 0 Å². The molecule has 0 amide bonds. The van der Waals surface area contributed by atoms with Gasteiger partial charge in [-0.15, -0.1) is 0 Å². The maximum absolute atomic E-state index is 13.4. The second kappa shape index (κ2) is 6.14. The lowest BCUT2D eigenvalue weighted by molar-refractivity contribution is 0.306. The molecule has 3 aromatic rings. The molecule has 3 nitrogen and oxygen atoms in total. The first kappa shape index (κ1) is 16.1. The van der Waals surface area contributed by atoms with Gasteiger partial charge in [0.25, 0.3) is 0 Å². The van der Waals surface area contributed by atoms with E-state index in [2.05, 4.69) is 23.4 Å². The minimum Gasteiger partial charge on any atom is -0.487 e. The molecule has 0 bridgehead atoms. The number of rotatable bonds is 5. The van der Waals surface area contributed by atoms with Gasteiger partial charge in [-0.1, -0.05) is 0 Å². The van der Waals surface area contributed by atoms with Crippen LogP contribution in [0.15, 0.2) is 30.5 Å². The summed E-state index contributed by atoms with van der Waals surface area (Å²) in [5.41, 5.74) is 4.72. The third-order valence-electron chi connectivity index (χ3n) is 4.91. The van der Waals surface area contributed by atoms with E-state index >= 15 is 0 Å². The molecule has 4 rings (SSSR count). The summed E-state index contributed by atoms with van der Waals surface area (Å²) >= 11 is 0. The average molecular weight is 342 g/mol. The number of pyridine rings is 1. The van der Waals surface area contributed by atoms with Gasteiger partial charge in [-0.2, -0.15) is 0 Å². The number of hydrogen-bond donors (Lipinski definition) is 0. The second-order valence-electron chi connectivity index (χ2n) is 6.84. The maximum atomic E-state index is 13.4. The van der Waals surface area contributed by atoms with Crippen LogP contribution in [0.5, 0.6) is 5.75 Å². The number of aromatic nitrogens is 2. The van der Waals surface area contributed by atoms with Gasteiger partial charge in [0, 0.05) is 30.6 Å². The Labute approximate surface area is 145 Å². The Hall–Kier alpha value is -2.43. The van der Waals surface area contributed by atoms with Crippen LogP contribution in [0.1, 0.15) is 29.7 Å². The van der Waals surface area contributed by atoms with Crippen LogP contribution in [0.25, 0.3) is 11.0 Å². The van der Waals surface area contributed by atoms with Gasteiger partial charge in [-0.25, -0.2) is 8.78 Å². The summed E-state index contributed by atoms with van der Waals surface area (Å²) in [6, 6.07) is 5.27. The lowest BCUT2D eigenvalue weighted by atomic mass is 10.2. The van der Waals surface area contributed by atoms with Crippen LogP contribution >= 0.6 is 0 Å². The Balaban J connectivity index is 1.70. The van der Waals surface area contributed by atoms with Gasteiger partial charge in [0.1, 0.15) is 29.5 Å². The summed E-state index contributed by atoms with van der Waals surface area (Å²) in [6.07, 6.45) is 4.24. The van der Waals surface area contributed by atoms with E-state index in [1.807, 2.05) is 6.07 Å². The number of halogens is 2. The quantitative estimate of drug-likeness (QED) is 0.658. The highest BCUT2D eigenvalue weighted by Crippen LogP contribution is 2.36. The summed E-state index contributed by atoms with van der Waals surface area (Å²) < 4.78 is 34.9. The highest BCUT2D eigenvalue weighted by atomic mass is 19.1. The lowest BCUT2D eigenvalue weighted by Gasteiger charge is -2.12. The van der Waals surface area contributed by atoms with E-state index in [0.717, 1.165) is 35.1 Å². The molecule has 0 N–H and O–H groups in total. The molecule has 0 saturated heterocycles. The smallest absolute Gasteiger partial charge is 0.147 e. The third-order valence-corrected chi connectivity index (χ3v) is 4.91. The molecule has 1 aromatic carbocycles. The zero-order chi connectivity index (χ0) is 17.6. The fourth-order valence-electron chi connectivity index (χ4n) is 3.27. The fraction of sp³-hybridized carbons (Fsp3) is 0.350. The van der Waals surface area contributed by atoms with E-state index in [0.29, 0.717) is 11.3 Å². The van der Waals surface area contributed by atoms with Crippen LogP contribution in [0.4, 0.5) is 8.78 Å². The number of hydrogen-bond acceptors (Lipinski definition) is 2. The molecule has 1 aliphatic rings. The van der Waals surface area contributed by atoms with Crippen LogP contribution in [0, 0.1) is 31.4 Å². The Bertz CT molecular complexity index is 924. The van der Waals surface area contributed by atoms with Crippen molar-refractivity contribution < 1.29 is 13.5 Å². The molecule has 2 aromatic heterocycles. The normalized spacial score (nSPS) is 14.2. The van der Waals surface area contributed by atoms with Crippen LogP contribution in [-0.4, -0.2) is 9.55 Å². The molecule has 0 radical (unpaired) electrons. The topological polar surface area (TPSA) is 27.1 Å². The molecule has 1 aliphatic carbocycles. The van der Waals surface area contributed by atoms with E-state index < -0.39 is 11.6 Å². The Kier molecular flexibility index (Phi) is 3.94. The number of ether oxygens (including phenoxy) is 1. The summed E-state index contributed by atoms with van der Waals surface area (Å²) in [5, 5.41) is 0. The molecule has 25 heavy (non-hydrogen) atoms. The van der Waals surface area contributed by atoms with Crippen molar-refractivity contribution in [3.63, 3.8) is 0 Å². The second-order valence-corrected chi connectivity index (χ2v) is 6.84. The molecule has 0 aliphatic heterocycles. The molecule has 1 fully saturated rings. The highest BCUT2D eigenvalue weighted by Gasteiger charge is 2.25. The van der Waals surface area contributed by atoms with Gasteiger partial charge in [0.05, 0.1) is 5.52 Å². The molecule has 5 heteroatoms. The lowest BCUT2D eigenvalue weighted by Crippen LogP contribution is -2.04. The first-order valence-electron chi connectivity index (χ1n) is 8.55. The van der Waals surface area contributed by atoms with Gasteiger partial charge in [-0.3, -0.25) is 4.98 Å². The van der Waals surface area contributed by atoms with E-state index in [1.165, 1.54) is 30.7 Å². The van der Waals surface area contributed by atoms with Crippen molar-refractivity contribution in [1.82, 2.24) is 9.55 Å². The Morgan fingerprint density at radius 2 is 1.88 bits per heavy atom. The van der Waals surface area contributed by atoms with Crippen molar-refractivity contribution in [1.29, 1.82) is 0 Å². The number of fused-ring (bicyclic) bond motifs is 1. The molecule has 0 spiro atoms. The van der Waals surface area contributed by atoms with E-state index in [4.69, 9.17) is 4.74 Å². The zero-order valence-corrected chi connectivity index (χ0v) is 14.4. The predicted molar refractivity (Wildman–Crippen MR) is 92.6 cm³/mol. The molecule has 2 heterocycles. The largest absolute Gasteiger partial charge is 0.487 e. The molecular formula is C20H20F2N2O. The minimum atomic E-state index is -0.595. The Morgan fingerprint density at radius 1 is 1.16 bits per heavy atom. The summed E-state index contributed by atoms with van der Waals surface area (Å²) in [7, 11) is 0. The van der Waals surface area contributed by atoms with Crippen LogP contribution in [-0.2, 0) is 13.2 Å². The number of benzene rings is 1. The minimum absolute atomic E-state index is 0.112. The Morgan fingerprint density at radius 3 is 2.56 bits per heavy atom. The van der Waals surface area contributed by atoms with Crippen LogP contribution in [0.2, 0.25) is 0 Å². The number of nitrogens with zero attached hydrogens (tertiary/aromatic N) is 2. The van der Waals surface area contributed by atoms with Crippen molar-refractivity contribution in [3.05, 3.63) is 58.9 Å². The third kappa shape index (κ3) is 3.11. The van der Waals surface area contributed by atoms with Crippen molar-refractivity contribution in [2.24, 2.45) is 5.92 Å². The standard InChI is InChI=1S/C20H20F2N2O/c1-12-13(2)24(10-14-3-4-14)20-18(5-6-23-19(12)20)25-11-15-7-16(21)9-17(22)8-15/h5-9,14H,3-4,10-11H2,1-2H3. The molecule has 130 valence electrons. The first-order valence-corrected chi connectivity index (χ1v) is 8.55. The monoisotopic (exact) mass is 342 g/mol. The zero-order valence-electron chi connectivity index (χ0n) is 14.4. The molecule has 0 unspecified atom stereocenters. The van der Waals surface area contributed by atoms with Gasteiger partial charge in [-0.05, 0) is 55.9 Å². The van der Waals surface area contributed by atoms with Crippen molar-refractivity contribution in [3.8, 4) is 5.75 Å². The van der Waals surface area contributed by atoms with E-state index in [-0.39, 0.29) is 6.61 Å². The van der Waals surface area contributed by atoms with E-state index in [1.54, 1.807) is 6.20 Å². The van der Waals surface area contributed by atoms with Crippen molar-refractivity contribution >= 4 is 11.0 Å². The number of aryl methyl sites for hydroxylation is 1. The van der Waals surface area contributed by atoms with E-state index in [9.17, 15) is 8.78 Å². The predicted octanol–water partition coefficient (Wildman–Crippen LogP) is 4.92. The molecule has 0 atom stereocenters. The van der Waals surface area contributed by atoms with Crippen molar-refractivity contribution in [2.45, 2.75) is 39.8 Å². The first-order chi connectivity index (χ1) is 12.0. The molecular weight excluding hydrogens is 322 g/mol. The van der Waals surface area contributed by atoms with Gasteiger partial charge >= 0.3 is 0 Å².